The van der Waals surface area contributed by atoms with E-state index in [9.17, 15) is 9.90 Å². The minimum atomic E-state index is -0.294. The van der Waals surface area contributed by atoms with Crippen LogP contribution in [0.2, 0.25) is 0 Å². The summed E-state index contributed by atoms with van der Waals surface area (Å²) >= 11 is 0. The lowest BCUT2D eigenvalue weighted by Gasteiger charge is -2.05. The zero-order chi connectivity index (χ0) is 13.7. The summed E-state index contributed by atoms with van der Waals surface area (Å²) in [5.41, 5.74) is 2.26. The fourth-order valence-electron chi connectivity index (χ4n) is 1.57. The summed E-state index contributed by atoms with van der Waals surface area (Å²) in [6, 6.07) is 8.64. The Morgan fingerprint density at radius 3 is 2.74 bits per heavy atom. The first-order valence-corrected chi connectivity index (χ1v) is 5.84. The quantitative estimate of drug-likeness (QED) is 0.654. The van der Waals surface area contributed by atoms with Gasteiger partial charge >= 0.3 is 0 Å². The molecule has 0 spiro atoms. The number of benzene rings is 1. The molecule has 19 heavy (non-hydrogen) atoms. The van der Waals surface area contributed by atoms with Gasteiger partial charge in [0.2, 0.25) is 5.91 Å². The van der Waals surface area contributed by atoms with Gasteiger partial charge in [0.1, 0.15) is 5.75 Å². The second-order valence-electron chi connectivity index (χ2n) is 4.12. The van der Waals surface area contributed by atoms with Crippen LogP contribution in [0.1, 0.15) is 11.1 Å². The Bertz CT molecular complexity index is 607. The van der Waals surface area contributed by atoms with Crippen LogP contribution in [0.15, 0.2) is 48.8 Å². The van der Waals surface area contributed by atoms with Gasteiger partial charge in [0.05, 0.1) is 5.69 Å². The van der Waals surface area contributed by atoms with E-state index in [1.165, 1.54) is 6.08 Å². The molecule has 0 fully saturated rings. The molecule has 1 aromatic heterocycles. The molecule has 0 aliphatic heterocycles. The Morgan fingerprint density at radius 1 is 1.26 bits per heavy atom. The van der Waals surface area contributed by atoms with Gasteiger partial charge in [0.25, 0.3) is 0 Å². The molecule has 1 aromatic carbocycles. The summed E-state index contributed by atoms with van der Waals surface area (Å²) in [6.45, 7) is 1.89. The van der Waals surface area contributed by atoms with Crippen molar-refractivity contribution in [1.82, 2.24) is 4.98 Å². The summed E-state index contributed by atoms with van der Waals surface area (Å²) in [4.78, 5) is 15.6. The third-order valence-corrected chi connectivity index (χ3v) is 2.54. The molecule has 2 N–H and O–H groups in total. The summed E-state index contributed by atoms with van der Waals surface area (Å²) < 4.78 is 0. The highest BCUT2D eigenvalue weighted by atomic mass is 16.3. The van der Waals surface area contributed by atoms with Gasteiger partial charge in [-0.2, -0.15) is 0 Å². The van der Waals surface area contributed by atoms with Crippen LogP contribution in [0.4, 0.5) is 5.69 Å². The van der Waals surface area contributed by atoms with Crippen molar-refractivity contribution in [2.45, 2.75) is 6.92 Å². The normalized spacial score (nSPS) is 10.6. The predicted molar refractivity (Wildman–Crippen MR) is 74.7 cm³/mol. The molecule has 1 heterocycles. The molecule has 0 aliphatic carbocycles. The van der Waals surface area contributed by atoms with Crippen molar-refractivity contribution >= 4 is 17.7 Å². The van der Waals surface area contributed by atoms with E-state index in [0.717, 1.165) is 11.1 Å². The molecule has 0 radical (unpaired) electrons. The van der Waals surface area contributed by atoms with E-state index < -0.39 is 0 Å². The second-order valence-corrected chi connectivity index (χ2v) is 4.12. The number of aromatic hydroxyl groups is 1. The van der Waals surface area contributed by atoms with Gasteiger partial charge in [-0.05, 0) is 48.4 Å². The summed E-state index contributed by atoms with van der Waals surface area (Å²) in [7, 11) is 0. The van der Waals surface area contributed by atoms with Crippen molar-refractivity contribution in [3.05, 3.63) is 59.9 Å². The molecule has 0 saturated heterocycles. The molecule has 2 rings (SSSR count). The van der Waals surface area contributed by atoms with Crippen LogP contribution >= 0.6 is 0 Å². The monoisotopic (exact) mass is 254 g/mol. The number of rotatable bonds is 3. The Labute approximate surface area is 111 Å². The molecule has 0 unspecified atom stereocenters. The first-order chi connectivity index (χ1) is 9.15. The fraction of sp³-hybridized carbons (Fsp3) is 0.0667. The maximum absolute atomic E-state index is 11.7. The number of nitrogens with zero attached hydrogens (tertiary/aromatic N) is 1. The number of hydrogen-bond donors (Lipinski definition) is 2. The van der Waals surface area contributed by atoms with Crippen molar-refractivity contribution in [3.8, 4) is 5.75 Å². The van der Waals surface area contributed by atoms with Gasteiger partial charge in [-0.25, -0.2) is 0 Å². The maximum Gasteiger partial charge on any atom is 0.248 e. The number of carbonyl (C=O) groups is 1. The van der Waals surface area contributed by atoms with Gasteiger partial charge in [-0.15, -0.1) is 0 Å². The van der Waals surface area contributed by atoms with E-state index in [1.807, 2.05) is 6.92 Å². The maximum atomic E-state index is 11.7. The van der Waals surface area contributed by atoms with Gasteiger partial charge < -0.3 is 10.4 Å². The summed E-state index contributed by atoms with van der Waals surface area (Å²) in [5, 5.41) is 12.3. The van der Waals surface area contributed by atoms with Gasteiger partial charge in [0, 0.05) is 18.5 Å². The van der Waals surface area contributed by atoms with Crippen molar-refractivity contribution < 1.29 is 9.90 Å². The van der Waals surface area contributed by atoms with E-state index in [4.69, 9.17) is 0 Å². The minimum Gasteiger partial charge on any atom is -0.506 e. The largest absolute Gasteiger partial charge is 0.506 e. The lowest BCUT2D eigenvalue weighted by molar-refractivity contribution is -0.111. The number of nitrogens with one attached hydrogen (secondary N) is 1. The minimum absolute atomic E-state index is 0.0521. The van der Waals surface area contributed by atoms with Gasteiger partial charge in [-0.1, -0.05) is 6.07 Å². The van der Waals surface area contributed by atoms with Crippen molar-refractivity contribution in [1.29, 1.82) is 0 Å². The zero-order valence-electron chi connectivity index (χ0n) is 10.5. The van der Waals surface area contributed by atoms with Crippen molar-refractivity contribution in [2.24, 2.45) is 0 Å². The molecule has 0 saturated carbocycles. The number of aromatic nitrogens is 1. The smallest absolute Gasteiger partial charge is 0.248 e. The van der Waals surface area contributed by atoms with Crippen molar-refractivity contribution in [2.75, 3.05) is 5.32 Å². The van der Waals surface area contributed by atoms with Crippen LogP contribution in [-0.2, 0) is 4.79 Å². The van der Waals surface area contributed by atoms with Crippen LogP contribution in [-0.4, -0.2) is 16.0 Å². The second kappa shape index (κ2) is 5.82. The molecule has 0 aliphatic rings. The first-order valence-electron chi connectivity index (χ1n) is 5.84. The molecule has 1 amide bonds. The molecule has 4 heteroatoms. The number of phenolic OH excluding ortho intramolecular Hbond substituents is 1. The topological polar surface area (TPSA) is 62.2 Å². The van der Waals surface area contributed by atoms with Gasteiger partial charge in [0.15, 0.2) is 0 Å². The predicted octanol–water partition coefficient (Wildman–Crippen LogP) is 2.75. The fourth-order valence-corrected chi connectivity index (χ4v) is 1.57. The molecule has 96 valence electrons. The average molecular weight is 254 g/mol. The number of carbonyl (C=O) groups excluding carboxylic acids is 1. The number of aryl methyl sites for hydroxylation is 1. The highest BCUT2D eigenvalue weighted by Crippen LogP contribution is 2.23. The molecule has 0 bridgehead atoms. The Kier molecular flexibility index (Phi) is 3.93. The first kappa shape index (κ1) is 12.8. The molecular formula is C15H14N2O2. The third kappa shape index (κ3) is 3.67. The highest BCUT2D eigenvalue weighted by molar-refractivity contribution is 6.02. The number of phenols is 1. The molecule has 0 atom stereocenters. The Hall–Kier alpha value is -2.62. The number of pyridine rings is 1. The van der Waals surface area contributed by atoms with E-state index in [-0.39, 0.29) is 11.7 Å². The SMILES string of the molecule is Cc1ccc(O)c(NC(=O)C=Cc2ccncc2)c1. The Morgan fingerprint density at radius 2 is 2.00 bits per heavy atom. The van der Waals surface area contributed by atoms with Crippen LogP contribution in [0, 0.1) is 6.92 Å². The number of anilines is 1. The van der Waals surface area contributed by atoms with Crippen LogP contribution in [0.3, 0.4) is 0 Å². The molecule has 4 nitrogen and oxygen atoms in total. The van der Waals surface area contributed by atoms with E-state index >= 15 is 0 Å². The average Bonchev–Trinajstić information content (AvgIpc) is 2.42. The van der Waals surface area contributed by atoms with E-state index in [0.29, 0.717) is 5.69 Å². The molecule has 2 aromatic rings. The van der Waals surface area contributed by atoms with Crippen molar-refractivity contribution in [3.63, 3.8) is 0 Å². The van der Waals surface area contributed by atoms with E-state index in [2.05, 4.69) is 10.3 Å². The van der Waals surface area contributed by atoms with Crippen LogP contribution < -0.4 is 5.32 Å². The lowest BCUT2D eigenvalue weighted by Crippen LogP contribution is -2.08. The summed E-state index contributed by atoms with van der Waals surface area (Å²) in [6.07, 6.45) is 6.41. The number of hydrogen-bond acceptors (Lipinski definition) is 3. The highest BCUT2D eigenvalue weighted by Gasteiger charge is 2.03. The summed E-state index contributed by atoms with van der Waals surface area (Å²) in [5.74, 6) is -0.242. The number of amides is 1. The van der Waals surface area contributed by atoms with Gasteiger partial charge in [-0.3, -0.25) is 9.78 Å². The van der Waals surface area contributed by atoms with E-state index in [1.54, 1.807) is 48.8 Å². The van der Waals surface area contributed by atoms with Crippen LogP contribution in [0.5, 0.6) is 5.75 Å². The zero-order valence-corrected chi connectivity index (χ0v) is 10.5. The lowest BCUT2D eigenvalue weighted by atomic mass is 10.2. The Balaban J connectivity index is 2.06. The molecular weight excluding hydrogens is 240 g/mol. The standard InChI is InChI=1S/C15H14N2O2/c1-11-2-4-14(18)13(10-11)17-15(19)5-3-12-6-8-16-9-7-12/h2-10,18H,1H3,(H,17,19). The van der Waals surface area contributed by atoms with Crippen LogP contribution in [0.25, 0.3) is 6.08 Å². The third-order valence-electron chi connectivity index (χ3n) is 2.54.